The van der Waals surface area contributed by atoms with Gasteiger partial charge in [0.15, 0.2) is 0 Å². The highest BCUT2D eigenvalue weighted by molar-refractivity contribution is 5.81. The van der Waals surface area contributed by atoms with Gasteiger partial charge in [-0.05, 0) is 6.92 Å². The fourth-order valence-corrected chi connectivity index (χ4v) is 0.313. The predicted molar refractivity (Wildman–Crippen MR) is 32.5 cm³/mol. The molecule has 0 aliphatic carbocycles. The zero-order chi connectivity index (χ0) is 8.91. The molecule has 1 N–H and O–H groups in total. The second-order valence-corrected chi connectivity index (χ2v) is 1.61. The van der Waals surface area contributed by atoms with Crippen molar-refractivity contribution in [2.45, 2.75) is 13.1 Å². The van der Waals surface area contributed by atoms with Crippen LogP contribution in [0.3, 0.4) is 0 Å². The zero-order valence-electron chi connectivity index (χ0n) is 5.75. The maximum absolute atomic E-state index is 11.4. The zero-order valence-corrected chi connectivity index (χ0v) is 5.75. The minimum Gasteiger partial charge on any atom is -0.337 e. The van der Waals surface area contributed by atoms with Crippen molar-refractivity contribution >= 4 is 5.91 Å². The molecule has 0 aromatic carbocycles. The van der Waals surface area contributed by atoms with Gasteiger partial charge >= 0.3 is 12.1 Å². The summed E-state index contributed by atoms with van der Waals surface area (Å²) < 4.78 is 34.2. The van der Waals surface area contributed by atoms with E-state index in [-0.39, 0.29) is 6.54 Å². The summed E-state index contributed by atoms with van der Waals surface area (Å²) in [5, 5.41) is 1.59. The first-order chi connectivity index (χ1) is 4.98. The number of carbonyl (C=O) groups excluding carboxylic acids is 1. The molecule has 0 fully saturated rings. The Labute approximate surface area is 61.8 Å². The lowest BCUT2D eigenvalue weighted by atomic mass is 10.5. The number of hydrogen-bond acceptors (Lipinski definition) is 1. The average molecular weight is 165 g/mol. The van der Waals surface area contributed by atoms with Crippen LogP contribution in [0.1, 0.15) is 6.92 Å². The molecule has 0 spiro atoms. The summed E-state index contributed by atoms with van der Waals surface area (Å²) in [5.74, 6) is 2.65. The first-order valence-corrected chi connectivity index (χ1v) is 2.73. The van der Waals surface area contributed by atoms with Gasteiger partial charge in [-0.15, -0.1) is 5.92 Å². The van der Waals surface area contributed by atoms with Gasteiger partial charge in [0.05, 0.1) is 6.54 Å². The molecule has 0 saturated heterocycles. The summed E-state index contributed by atoms with van der Waals surface area (Å²) >= 11 is 0. The van der Waals surface area contributed by atoms with Crippen molar-refractivity contribution in [1.82, 2.24) is 5.32 Å². The van der Waals surface area contributed by atoms with E-state index in [0.29, 0.717) is 0 Å². The van der Waals surface area contributed by atoms with Crippen LogP contribution in [-0.4, -0.2) is 18.6 Å². The van der Waals surface area contributed by atoms with E-state index in [1.165, 1.54) is 6.92 Å². The lowest BCUT2D eigenvalue weighted by Crippen LogP contribution is -2.36. The summed E-state index contributed by atoms with van der Waals surface area (Å²) in [6.07, 6.45) is -4.81. The number of nitrogens with one attached hydrogen (secondary N) is 1. The normalized spacial score (nSPS) is 9.82. The van der Waals surface area contributed by atoms with Crippen LogP contribution >= 0.6 is 0 Å². The number of carbonyl (C=O) groups is 1. The van der Waals surface area contributed by atoms with Gasteiger partial charge in [-0.2, -0.15) is 13.2 Å². The largest absolute Gasteiger partial charge is 0.471 e. The number of alkyl halides is 3. The summed E-state index contributed by atoms with van der Waals surface area (Å²) in [4.78, 5) is 10.0. The molecule has 62 valence electrons. The third kappa shape index (κ3) is 4.25. The van der Waals surface area contributed by atoms with E-state index in [9.17, 15) is 18.0 Å². The molecule has 0 bridgehead atoms. The molecule has 0 atom stereocenters. The van der Waals surface area contributed by atoms with Crippen LogP contribution in [-0.2, 0) is 4.79 Å². The Balaban J connectivity index is 3.77. The molecule has 0 aromatic heterocycles. The van der Waals surface area contributed by atoms with Crippen molar-refractivity contribution in [1.29, 1.82) is 0 Å². The lowest BCUT2D eigenvalue weighted by Gasteiger charge is -2.03. The molecule has 2 nitrogen and oxygen atoms in total. The molecule has 0 aromatic rings. The molecule has 11 heavy (non-hydrogen) atoms. The van der Waals surface area contributed by atoms with Crippen LogP contribution in [0.15, 0.2) is 0 Å². The second-order valence-electron chi connectivity index (χ2n) is 1.61. The van der Waals surface area contributed by atoms with Crippen LogP contribution in [0.25, 0.3) is 0 Å². The van der Waals surface area contributed by atoms with Gasteiger partial charge in [0, 0.05) is 0 Å². The van der Waals surface area contributed by atoms with E-state index < -0.39 is 12.1 Å². The minimum atomic E-state index is -4.81. The van der Waals surface area contributed by atoms with Gasteiger partial charge in [0.2, 0.25) is 0 Å². The SMILES string of the molecule is CC#CCNC(=O)C(F)(F)F. The second kappa shape index (κ2) is 3.86. The maximum Gasteiger partial charge on any atom is 0.471 e. The van der Waals surface area contributed by atoms with Gasteiger partial charge in [0.25, 0.3) is 0 Å². The number of hydrogen-bond donors (Lipinski definition) is 1. The fraction of sp³-hybridized carbons (Fsp3) is 0.500. The molecule has 0 aliphatic heterocycles. The van der Waals surface area contributed by atoms with E-state index in [2.05, 4.69) is 11.8 Å². The Bertz CT molecular complexity index is 198. The first-order valence-electron chi connectivity index (χ1n) is 2.73. The van der Waals surface area contributed by atoms with Crippen molar-refractivity contribution in [3.63, 3.8) is 0 Å². The monoisotopic (exact) mass is 165 g/mol. The van der Waals surface area contributed by atoms with E-state index >= 15 is 0 Å². The molecule has 1 amide bonds. The third-order valence-electron chi connectivity index (χ3n) is 0.772. The van der Waals surface area contributed by atoms with Crippen LogP contribution in [0.5, 0.6) is 0 Å². The van der Waals surface area contributed by atoms with E-state index in [1.54, 1.807) is 5.32 Å². The van der Waals surface area contributed by atoms with Crippen LogP contribution in [0.4, 0.5) is 13.2 Å². The standard InChI is InChI=1S/C6H6F3NO/c1-2-3-4-10-5(11)6(7,8)9/h4H2,1H3,(H,10,11). The average Bonchev–Trinajstić information content (AvgIpc) is 1.86. The number of amides is 1. The molecule has 0 radical (unpaired) electrons. The van der Waals surface area contributed by atoms with Gasteiger partial charge < -0.3 is 5.32 Å². The fourth-order valence-electron chi connectivity index (χ4n) is 0.313. The van der Waals surface area contributed by atoms with Gasteiger partial charge in [-0.3, -0.25) is 4.79 Å². The Morgan fingerprint density at radius 1 is 1.55 bits per heavy atom. The topological polar surface area (TPSA) is 29.1 Å². The number of rotatable bonds is 1. The van der Waals surface area contributed by atoms with Crippen molar-refractivity contribution in [2.75, 3.05) is 6.54 Å². The van der Waals surface area contributed by atoms with Gasteiger partial charge in [-0.25, -0.2) is 0 Å². The molecule has 0 rings (SSSR count). The summed E-state index contributed by atoms with van der Waals surface area (Å²) in [6.45, 7) is 1.20. The van der Waals surface area contributed by atoms with E-state index in [4.69, 9.17) is 0 Å². The molecule has 0 aliphatic rings. The quantitative estimate of drug-likeness (QED) is 0.569. The Kier molecular flexibility index (Phi) is 3.45. The van der Waals surface area contributed by atoms with Crippen molar-refractivity contribution in [3.8, 4) is 11.8 Å². The third-order valence-corrected chi connectivity index (χ3v) is 0.772. The first kappa shape index (κ1) is 9.82. The molecule has 0 unspecified atom stereocenters. The lowest BCUT2D eigenvalue weighted by molar-refractivity contribution is -0.173. The molecule has 0 heterocycles. The summed E-state index contributed by atoms with van der Waals surface area (Å²) in [5.41, 5.74) is 0. The van der Waals surface area contributed by atoms with Crippen LogP contribution in [0, 0.1) is 11.8 Å². The summed E-state index contributed by atoms with van der Waals surface area (Å²) in [6, 6.07) is 0. The van der Waals surface area contributed by atoms with Crippen molar-refractivity contribution in [3.05, 3.63) is 0 Å². The van der Waals surface area contributed by atoms with E-state index in [0.717, 1.165) is 0 Å². The molecular weight excluding hydrogens is 159 g/mol. The van der Waals surface area contributed by atoms with Crippen molar-refractivity contribution in [2.24, 2.45) is 0 Å². The maximum atomic E-state index is 11.4. The van der Waals surface area contributed by atoms with E-state index in [1.807, 2.05) is 0 Å². The highest BCUT2D eigenvalue weighted by Gasteiger charge is 2.37. The number of halogens is 3. The predicted octanol–water partition coefficient (Wildman–Crippen LogP) is 0.688. The Morgan fingerprint density at radius 2 is 2.09 bits per heavy atom. The smallest absolute Gasteiger partial charge is 0.337 e. The van der Waals surface area contributed by atoms with Crippen LogP contribution in [0.2, 0.25) is 0 Å². The van der Waals surface area contributed by atoms with Crippen molar-refractivity contribution < 1.29 is 18.0 Å². The molecule has 5 heteroatoms. The summed E-state index contributed by atoms with van der Waals surface area (Å²) in [7, 11) is 0. The Morgan fingerprint density at radius 3 is 2.45 bits per heavy atom. The minimum absolute atomic E-state index is 0.269. The van der Waals surface area contributed by atoms with Gasteiger partial charge in [0.1, 0.15) is 0 Å². The van der Waals surface area contributed by atoms with Crippen LogP contribution < -0.4 is 5.32 Å². The highest BCUT2D eigenvalue weighted by atomic mass is 19.4. The molecule has 0 saturated carbocycles. The van der Waals surface area contributed by atoms with Gasteiger partial charge in [-0.1, -0.05) is 5.92 Å². The Hall–Kier alpha value is -1.18. The molecular formula is C6H6F3NO. The highest BCUT2D eigenvalue weighted by Crippen LogP contribution is 2.13.